The Hall–Kier alpha value is -4.40. The molecule has 0 amide bonds. The van der Waals surface area contributed by atoms with Gasteiger partial charge in [0.2, 0.25) is 0 Å². The predicted octanol–water partition coefficient (Wildman–Crippen LogP) is 3.25. The van der Waals surface area contributed by atoms with Crippen LogP contribution in [0, 0.1) is 0 Å². The fourth-order valence-corrected chi connectivity index (χ4v) is 3.30. The molecule has 0 aliphatic carbocycles. The number of pyridine rings is 1. The average Bonchev–Trinajstić information content (AvgIpc) is 2.72. The summed E-state index contributed by atoms with van der Waals surface area (Å²) in [6, 6.07) is 12.9. The van der Waals surface area contributed by atoms with Gasteiger partial charge in [0.1, 0.15) is 16.9 Å². The second-order valence-corrected chi connectivity index (χ2v) is 7.22. The van der Waals surface area contributed by atoms with E-state index in [9.17, 15) is 29.4 Å². The van der Waals surface area contributed by atoms with E-state index in [2.05, 4.69) is 4.98 Å². The minimum atomic E-state index is -1.59. The molecule has 2 aromatic carbocycles. The zero-order valence-electron chi connectivity index (χ0n) is 17.2. The van der Waals surface area contributed by atoms with Gasteiger partial charge >= 0.3 is 17.9 Å². The largest absolute Gasteiger partial charge is 0.478 e. The van der Waals surface area contributed by atoms with E-state index in [1.54, 1.807) is 50.2 Å². The molecule has 0 bridgehead atoms. The average molecular weight is 436 g/mol. The number of aromatic nitrogens is 1. The van der Waals surface area contributed by atoms with Gasteiger partial charge in [-0.05, 0) is 48.7 Å². The van der Waals surface area contributed by atoms with Gasteiger partial charge in [0.25, 0.3) is 5.56 Å². The number of anilines is 1. The van der Waals surface area contributed by atoms with Crippen molar-refractivity contribution >= 4 is 23.7 Å². The van der Waals surface area contributed by atoms with Crippen molar-refractivity contribution in [3.8, 4) is 22.3 Å². The minimum Gasteiger partial charge on any atom is -0.478 e. The molecular formula is C23H20N2O7. The summed E-state index contributed by atoms with van der Waals surface area (Å²) in [5.74, 6) is -4.03. The number of aromatic amines is 1. The number of hydrogen-bond acceptors (Lipinski definition) is 6. The van der Waals surface area contributed by atoms with Crippen molar-refractivity contribution in [2.24, 2.45) is 0 Å². The van der Waals surface area contributed by atoms with Crippen LogP contribution in [0.1, 0.15) is 44.9 Å². The lowest BCUT2D eigenvalue weighted by Crippen LogP contribution is -2.24. The molecule has 5 N–H and O–H groups in total. The predicted molar refractivity (Wildman–Crippen MR) is 117 cm³/mol. The third kappa shape index (κ3) is 4.36. The Balaban J connectivity index is 2.20. The maximum absolute atomic E-state index is 12.3. The number of benzene rings is 2. The number of esters is 1. The molecule has 0 spiro atoms. The van der Waals surface area contributed by atoms with E-state index in [0.717, 1.165) is 0 Å². The fraction of sp³-hybridized carbons (Fsp3) is 0.130. The lowest BCUT2D eigenvalue weighted by molar-refractivity contribution is 0.0377. The summed E-state index contributed by atoms with van der Waals surface area (Å²) >= 11 is 0. The standard InChI is InChI=1S/C23H20N2O7/c1-11(2)32-23(31)15-8-4-6-13(10-15)12-5-3-7-14(9-12)16-17(21(27)28)19(24)25-20(26)18(16)22(29)30/h3-11H,1-2H3,(H,27,28)(H,29,30)(H3,24,25,26). The van der Waals surface area contributed by atoms with Gasteiger partial charge in [0.15, 0.2) is 0 Å². The quantitative estimate of drug-likeness (QED) is 0.428. The second kappa shape index (κ2) is 8.76. The molecule has 3 aromatic rings. The van der Waals surface area contributed by atoms with E-state index in [-0.39, 0.29) is 17.2 Å². The number of H-pyrrole nitrogens is 1. The molecule has 1 heterocycles. The maximum Gasteiger partial charge on any atom is 0.342 e. The van der Waals surface area contributed by atoms with Crippen molar-refractivity contribution in [1.82, 2.24) is 4.98 Å². The molecule has 164 valence electrons. The van der Waals surface area contributed by atoms with Crippen LogP contribution >= 0.6 is 0 Å². The van der Waals surface area contributed by atoms with Crippen LogP contribution in [0.25, 0.3) is 22.3 Å². The first-order chi connectivity index (χ1) is 15.1. The summed E-state index contributed by atoms with van der Waals surface area (Å²) in [5.41, 5.74) is 4.78. The molecule has 0 fully saturated rings. The molecule has 3 rings (SSSR count). The Morgan fingerprint density at radius 1 is 0.906 bits per heavy atom. The number of carboxylic acid groups (broad SMARTS) is 2. The Labute approximate surface area is 182 Å². The van der Waals surface area contributed by atoms with Gasteiger partial charge in [-0.2, -0.15) is 0 Å². The molecule has 0 saturated heterocycles. The lowest BCUT2D eigenvalue weighted by Gasteiger charge is -2.13. The van der Waals surface area contributed by atoms with Crippen LogP contribution in [0.4, 0.5) is 5.82 Å². The van der Waals surface area contributed by atoms with Gasteiger partial charge in [0, 0.05) is 5.56 Å². The SMILES string of the molecule is CC(C)OC(=O)c1cccc(-c2cccc(-c3c(C(=O)O)c(N)[nH]c(=O)c3C(=O)O)c2)c1. The van der Waals surface area contributed by atoms with Crippen LogP contribution < -0.4 is 11.3 Å². The first-order valence-corrected chi connectivity index (χ1v) is 9.54. The summed E-state index contributed by atoms with van der Waals surface area (Å²) in [4.78, 5) is 50.1. The molecule has 0 aliphatic heterocycles. The summed E-state index contributed by atoms with van der Waals surface area (Å²) in [5, 5.41) is 19.2. The number of ether oxygens (including phenoxy) is 1. The Bertz CT molecular complexity index is 1290. The van der Waals surface area contributed by atoms with Crippen LogP contribution in [0.15, 0.2) is 53.3 Å². The molecule has 0 radical (unpaired) electrons. The van der Waals surface area contributed by atoms with E-state index in [4.69, 9.17) is 10.5 Å². The number of rotatable bonds is 6. The van der Waals surface area contributed by atoms with Gasteiger partial charge in [-0.15, -0.1) is 0 Å². The summed E-state index contributed by atoms with van der Waals surface area (Å²) in [6.07, 6.45) is -0.292. The van der Waals surface area contributed by atoms with Crippen LogP contribution in [-0.2, 0) is 4.74 Å². The van der Waals surface area contributed by atoms with Crippen molar-refractivity contribution < 1.29 is 29.3 Å². The van der Waals surface area contributed by atoms with Gasteiger partial charge in [-0.25, -0.2) is 14.4 Å². The number of hydrogen-bond donors (Lipinski definition) is 4. The maximum atomic E-state index is 12.3. The van der Waals surface area contributed by atoms with E-state index in [1.165, 1.54) is 12.1 Å². The highest BCUT2D eigenvalue weighted by atomic mass is 16.5. The highest BCUT2D eigenvalue weighted by Crippen LogP contribution is 2.32. The highest BCUT2D eigenvalue weighted by Gasteiger charge is 2.26. The molecule has 0 unspecified atom stereocenters. The number of aromatic carboxylic acids is 2. The molecule has 1 aromatic heterocycles. The van der Waals surface area contributed by atoms with Crippen LogP contribution in [0.2, 0.25) is 0 Å². The number of nitrogens with one attached hydrogen (secondary N) is 1. The molecule has 0 atom stereocenters. The summed E-state index contributed by atoms with van der Waals surface area (Å²) in [6.45, 7) is 3.47. The zero-order chi connectivity index (χ0) is 23.6. The number of nitrogens with two attached hydrogens (primary N) is 1. The van der Waals surface area contributed by atoms with Crippen molar-refractivity contribution in [2.75, 3.05) is 5.73 Å². The first kappa shape index (κ1) is 22.3. The molecule has 0 aliphatic rings. The van der Waals surface area contributed by atoms with Gasteiger partial charge in [-0.3, -0.25) is 4.79 Å². The number of carbonyl (C=O) groups is 3. The molecule has 32 heavy (non-hydrogen) atoms. The van der Waals surface area contributed by atoms with E-state index in [0.29, 0.717) is 16.7 Å². The van der Waals surface area contributed by atoms with Gasteiger partial charge in [-0.1, -0.05) is 30.3 Å². The minimum absolute atomic E-state index is 0.172. The summed E-state index contributed by atoms with van der Waals surface area (Å²) < 4.78 is 5.21. The first-order valence-electron chi connectivity index (χ1n) is 9.54. The van der Waals surface area contributed by atoms with Gasteiger partial charge in [0.05, 0.1) is 11.7 Å². The second-order valence-electron chi connectivity index (χ2n) is 7.22. The molecule has 9 nitrogen and oxygen atoms in total. The highest BCUT2D eigenvalue weighted by molar-refractivity contribution is 6.07. The van der Waals surface area contributed by atoms with Crippen LogP contribution in [-0.4, -0.2) is 39.2 Å². The monoisotopic (exact) mass is 436 g/mol. The van der Waals surface area contributed by atoms with E-state index in [1.807, 2.05) is 0 Å². The Morgan fingerprint density at radius 3 is 2.06 bits per heavy atom. The van der Waals surface area contributed by atoms with Crippen LogP contribution in [0.5, 0.6) is 0 Å². The third-order valence-electron chi connectivity index (χ3n) is 4.60. The van der Waals surface area contributed by atoms with E-state index < -0.39 is 40.4 Å². The van der Waals surface area contributed by atoms with E-state index >= 15 is 0 Å². The zero-order valence-corrected chi connectivity index (χ0v) is 17.2. The van der Waals surface area contributed by atoms with Crippen molar-refractivity contribution in [3.63, 3.8) is 0 Å². The topological polar surface area (TPSA) is 160 Å². The molecule has 0 saturated carbocycles. The van der Waals surface area contributed by atoms with Crippen molar-refractivity contribution in [1.29, 1.82) is 0 Å². The van der Waals surface area contributed by atoms with Gasteiger partial charge < -0.3 is 25.7 Å². The van der Waals surface area contributed by atoms with Crippen molar-refractivity contribution in [2.45, 2.75) is 20.0 Å². The molecule has 9 heteroatoms. The Morgan fingerprint density at radius 2 is 1.47 bits per heavy atom. The Kier molecular flexibility index (Phi) is 6.10. The number of carboxylic acids is 2. The number of nitrogen functional groups attached to an aromatic ring is 1. The lowest BCUT2D eigenvalue weighted by atomic mass is 9.92. The van der Waals surface area contributed by atoms with Crippen molar-refractivity contribution in [3.05, 3.63) is 75.6 Å². The third-order valence-corrected chi connectivity index (χ3v) is 4.60. The molecular weight excluding hydrogens is 416 g/mol. The number of carbonyl (C=O) groups excluding carboxylic acids is 1. The fourth-order valence-electron chi connectivity index (χ4n) is 3.30. The smallest absolute Gasteiger partial charge is 0.342 e. The summed E-state index contributed by atoms with van der Waals surface area (Å²) in [7, 11) is 0. The van der Waals surface area contributed by atoms with Crippen LogP contribution in [0.3, 0.4) is 0 Å². The normalized spacial score (nSPS) is 10.7.